The normalized spacial score (nSPS) is 24.3. The summed E-state index contributed by atoms with van der Waals surface area (Å²) in [7, 11) is 1.31. The van der Waals surface area contributed by atoms with E-state index in [4.69, 9.17) is 9.47 Å². The Labute approximate surface area is 140 Å². The second kappa shape index (κ2) is 7.21. The Balaban J connectivity index is 2.40. The number of aliphatic carboxylic acids is 1. The van der Waals surface area contributed by atoms with Crippen LogP contribution >= 0.6 is 11.3 Å². The Kier molecular flexibility index (Phi) is 5.51. The SMILES string of the molecule is CCCC1N(C(=O)OC)CCCC1(Oc1ccc(C)s1)C(=O)O. The first-order valence-corrected chi connectivity index (χ1v) is 8.59. The molecule has 1 N–H and O–H groups in total. The van der Waals surface area contributed by atoms with E-state index in [0.717, 1.165) is 11.3 Å². The molecule has 0 radical (unpaired) electrons. The van der Waals surface area contributed by atoms with Gasteiger partial charge in [0.05, 0.1) is 13.2 Å². The zero-order chi connectivity index (χ0) is 17.0. The Morgan fingerprint density at radius 3 is 2.74 bits per heavy atom. The molecule has 1 amide bonds. The number of ether oxygens (including phenoxy) is 2. The van der Waals surface area contributed by atoms with Crippen LogP contribution in [-0.4, -0.2) is 47.4 Å². The number of rotatable bonds is 5. The van der Waals surface area contributed by atoms with Gasteiger partial charge in [0, 0.05) is 17.8 Å². The molecule has 1 aliphatic heterocycles. The standard InChI is InChI=1S/C16H23NO5S/c1-4-6-12-16(14(18)19,22-13-8-7-11(2)23-13)9-5-10-17(12)15(20)21-3/h7-8,12H,4-6,9-10H2,1-3H3,(H,18,19). The molecule has 1 aromatic rings. The van der Waals surface area contributed by atoms with Gasteiger partial charge in [-0.05, 0) is 31.9 Å². The number of carbonyl (C=O) groups is 2. The molecule has 0 saturated carbocycles. The van der Waals surface area contributed by atoms with E-state index in [1.165, 1.54) is 23.3 Å². The third-order valence-electron chi connectivity index (χ3n) is 4.19. The van der Waals surface area contributed by atoms with Gasteiger partial charge in [-0.1, -0.05) is 13.3 Å². The number of methoxy groups -OCH3 is 1. The predicted molar refractivity (Wildman–Crippen MR) is 87.1 cm³/mol. The molecule has 0 bridgehead atoms. The summed E-state index contributed by atoms with van der Waals surface area (Å²) >= 11 is 1.41. The van der Waals surface area contributed by atoms with Crippen molar-refractivity contribution in [1.82, 2.24) is 4.90 Å². The second-order valence-electron chi connectivity index (χ2n) is 5.73. The van der Waals surface area contributed by atoms with Crippen molar-refractivity contribution >= 4 is 23.4 Å². The Hall–Kier alpha value is -1.76. The Morgan fingerprint density at radius 1 is 1.48 bits per heavy atom. The van der Waals surface area contributed by atoms with E-state index in [1.54, 1.807) is 6.07 Å². The second-order valence-corrected chi connectivity index (χ2v) is 6.98. The lowest BCUT2D eigenvalue weighted by molar-refractivity contribution is -0.166. The first kappa shape index (κ1) is 17.6. The average Bonchev–Trinajstić information content (AvgIpc) is 2.93. The van der Waals surface area contributed by atoms with Crippen LogP contribution in [0.1, 0.15) is 37.5 Å². The largest absolute Gasteiger partial charge is 0.478 e. The molecule has 2 heterocycles. The summed E-state index contributed by atoms with van der Waals surface area (Å²) in [5.74, 6) is -1.03. The average molecular weight is 341 g/mol. The van der Waals surface area contributed by atoms with Crippen LogP contribution in [0.5, 0.6) is 5.06 Å². The summed E-state index contributed by atoms with van der Waals surface area (Å²) in [6.45, 7) is 4.39. The van der Waals surface area contributed by atoms with Crippen LogP contribution in [0.15, 0.2) is 12.1 Å². The van der Waals surface area contributed by atoms with Crippen LogP contribution in [0.25, 0.3) is 0 Å². The minimum absolute atomic E-state index is 0.372. The number of carboxylic acids is 1. The van der Waals surface area contributed by atoms with Crippen molar-refractivity contribution < 1.29 is 24.2 Å². The van der Waals surface area contributed by atoms with Gasteiger partial charge in [0.1, 0.15) is 0 Å². The number of nitrogens with zero attached hydrogens (tertiary/aromatic N) is 1. The van der Waals surface area contributed by atoms with E-state index in [-0.39, 0.29) is 0 Å². The van der Waals surface area contributed by atoms with Crippen LogP contribution in [0.3, 0.4) is 0 Å². The van der Waals surface area contributed by atoms with Gasteiger partial charge in [0.15, 0.2) is 5.06 Å². The van der Waals surface area contributed by atoms with E-state index in [9.17, 15) is 14.7 Å². The highest BCUT2D eigenvalue weighted by Gasteiger charge is 2.54. The van der Waals surface area contributed by atoms with Crippen LogP contribution < -0.4 is 4.74 Å². The highest BCUT2D eigenvalue weighted by molar-refractivity contribution is 7.13. The highest BCUT2D eigenvalue weighted by atomic mass is 32.1. The molecule has 1 fully saturated rings. The van der Waals surface area contributed by atoms with Crippen LogP contribution in [0.2, 0.25) is 0 Å². The van der Waals surface area contributed by atoms with E-state index in [1.807, 2.05) is 19.9 Å². The van der Waals surface area contributed by atoms with Gasteiger partial charge in [-0.15, -0.1) is 11.3 Å². The zero-order valence-corrected chi connectivity index (χ0v) is 14.5. The predicted octanol–water partition coefficient (Wildman–Crippen LogP) is 3.29. The van der Waals surface area contributed by atoms with E-state index in [0.29, 0.717) is 30.9 Å². The van der Waals surface area contributed by atoms with Gasteiger partial charge in [0.2, 0.25) is 5.60 Å². The molecule has 2 rings (SSSR count). The van der Waals surface area contributed by atoms with Crippen molar-refractivity contribution in [3.8, 4) is 5.06 Å². The number of amides is 1. The van der Waals surface area contributed by atoms with Gasteiger partial charge in [-0.3, -0.25) is 0 Å². The molecular formula is C16H23NO5S. The van der Waals surface area contributed by atoms with E-state index in [2.05, 4.69) is 0 Å². The topological polar surface area (TPSA) is 76.1 Å². The first-order chi connectivity index (χ1) is 10.9. The van der Waals surface area contributed by atoms with Crippen LogP contribution in [-0.2, 0) is 9.53 Å². The molecule has 7 heteroatoms. The number of hydrogen-bond acceptors (Lipinski definition) is 5. The smallest absolute Gasteiger partial charge is 0.409 e. The summed E-state index contributed by atoms with van der Waals surface area (Å²) in [4.78, 5) is 26.8. The van der Waals surface area contributed by atoms with Crippen molar-refractivity contribution in [3.05, 3.63) is 17.0 Å². The van der Waals surface area contributed by atoms with Crippen molar-refractivity contribution in [2.45, 2.75) is 51.2 Å². The number of thiophene rings is 1. The lowest BCUT2D eigenvalue weighted by atomic mass is 9.82. The third kappa shape index (κ3) is 3.44. The number of carbonyl (C=O) groups excluding carboxylic acids is 1. The van der Waals surface area contributed by atoms with Gasteiger partial charge < -0.3 is 19.5 Å². The fourth-order valence-electron chi connectivity index (χ4n) is 3.14. The van der Waals surface area contributed by atoms with Gasteiger partial charge in [-0.25, -0.2) is 9.59 Å². The highest BCUT2D eigenvalue weighted by Crippen LogP contribution is 2.38. The number of aryl methyl sites for hydroxylation is 1. The van der Waals surface area contributed by atoms with Crippen molar-refractivity contribution in [2.24, 2.45) is 0 Å². The molecule has 128 valence electrons. The third-order valence-corrected chi connectivity index (χ3v) is 5.07. The Morgan fingerprint density at radius 2 is 2.22 bits per heavy atom. The van der Waals surface area contributed by atoms with Gasteiger partial charge in [-0.2, -0.15) is 0 Å². The lowest BCUT2D eigenvalue weighted by Gasteiger charge is -2.46. The molecule has 6 nitrogen and oxygen atoms in total. The molecule has 2 atom stereocenters. The lowest BCUT2D eigenvalue weighted by Crippen LogP contribution is -2.65. The number of carboxylic acid groups (broad SMARTS) is 1. The summed E-state index contributed by atoms with van der Waals surface area (Å²) in [6, 6.07) is 3.13. The maximum Gasteiger partial charge on any atom is 0.409 e. The molecule has 1 aliphatic rings. The fraction of sp³-hybridized carbons (Fsp3) is 0.625. The summed E-state index contributed by atoms with van der Waals surface area (Å²) in [5.41, 5.74) is -1.43. The minimum atomic E-state index is -1.43. The van der Waals surface area contributed by atoms with Gasteiger partial charge >= 0.3 is 12.1 Å². The van der Waals surface area contributed by atoms with Crippen molar-refractivity contribution in [2.75, 3.05) is 13.7 Å². The fourth-order valence-corrected chi connectivity index (χ4v) is 3.92. The quantitative estimate of drug-likeness (QED) is 0.889. The molecule has 23 heavy (non-hydrogen) atoms. The summed E-state index contributed by atoms with van der Waals surface area (Å²) in [6.07, 6.45) is 1.73. The molecule has 1 aromatic heterocycles. The molecule has 0 aliphatic carbocycles. The van der Waals surface area contributed by atoms with Crippen LogP contribution in [0.4, 0.5) is 4.79 Å². The van der Waals surface area contributed by atoms with E-state index < -0.39 is 23.7 Å². The van der Waals surface area contributed by atoms with Crippen LogP contribution in [0, 0.1) is 6.92 Å². The van der Waals surface area contributed by atoms with E-state index >= 15 is 0 Å². The monoisotopic (exact) mass is 341 g/mol. The van der Waals surface area contributed by atoms with Crippen molar-refractivity contribution in [1.29, 1.82) is 0 Å². The Bertz CT molecular complexity index is 573. The van der Waals surface area contributed by atoms with Gasteiger partial charge in [0.25, 0.3) is 0 Å². The molecule has 2 unspecified atom stereocenters. The number of hydrogen-bond donors (Lipinski definition) is 1. The number of piperidine rings is 1. The molecule has 0 aromatic carbocycles. The number of likely N-dealkylation sites (tertiary alicyclic amines) is 1. The molecule has 0 spiro atoms. The minimum Gasteiger partial charge on any atom is -0.478 e. The maximum absolute atomic E-state index is 12.1. The molecular weight excluding hydrogens is 318 g/mol. The first-order valence-electron chi connectivity index (χ1n) is 7.78. The maximum atomic E-state index is 12.1. The summed E-state index contributed by atoms with van der Waals surface area (Å²) < 4.78 is 10.8. The summed E-state index contributed by atoms with van der Waals surface area (Å²) in [5, 5.41) is 10.5. The van der Waals surface area contributed by atoms with Crippen molar-refractivity contribution in [3.63, 3.8) is 0 Å². The zero-order valence-electron chi connectivity index (χ0n) is 13.7. The molecule has 1 saturated heterocycles.